The molecule has 0 saturated carbocycles. The van der Waals surface area contributed by atoms with Crippen LogP contribution < -0.4 is 10.6 Å². The van der Waals surface area contributed by atoms with Gasteiger partial charge in [0.25, 0.3) is 5.91 Å². The van der Waals surface area contributed by atoms with E-state index in [0.717, 1.165) is 37.1 Å². The molecular weight excluding hydrogens is 549 g/mol. The predicted octanol–water partition coefficient (Wildman–Crippen LogP) is 6.31. The molecule has 1 aliphatic heterocycles. The minimum absolute atomic E-state index is 0.0669. The maximum Gasteiger partial charge on any atom is 0.417 e. The van der Waals surface area contributed by atoms with Crippen molar-refractivity contribution < 1.29 is 22.7 Å². The number of rotatable bonds is 6. The normalized spacial score (nSPS) is 15.5. The maximum absolute atomic E-state index is 13.1. The van der Waals surface area contributed by atoms with Crippen LogP contribution >= 0.6 is 0 Å². The zero-order chi connectivity index (χ0) is 29.3. The first-order valence-electron chi connectivity index (χ1n) is 13.2. The molecule has 4 aromatic heterocycles. The number of nitrogens with one attached hydrogen (secondary N) is 2. The van der Waals surface area contributed by atoms with Gasteiger partial charge < -0.3 is 15.4 Å². The number of imidazole rings is 1. The monoisotopic (exact) mass is 574 g/mol. The Bertz CT molecular complexity index is 1770. The standard InChI is InChI=1S/C29H25F3N8O2/c1-17-7-8-18(28(41)38-20-12-19(13-33-14-20)29(30,31)32)11-22(17)39-26-21(5-4-9-34-26)24-25-27(36-15-35-24)40(16-37-25)23-6-2-3-10-42-23/h4-5,7-9,11-16,23H,2-3,6,10H2,1H3,(H,34,39)(H,38,41). The van der Waals surface area contributed by atoms with Crippen LogP contribution in [0, 0.1) is 6.92 Å². The average Bonchev–Trinajstić information content (AvgIpc) is 3.43. The van der Waals surface area contributed by atoms with Crippen molar-refractivity contribution in [1.82, 2.24) is 29.5 Å². The molecule has 0 aliphatic carbocycles. The predicted molar refractivity (Wildman–Crippen MR) is 149 cm³/mol. The number of anilines is 3. The van der Waals surface area contributed by atoms with Gasteiger partial charge in [-0.15, -0.1) is 0 Å². The highest BCUT2D eigenvalue weighted by Gasteiger charge is 2.31. The molecule has 1 unspecified atom stereocenters. The quantitative estimate of drug-likeness (QED) is 0.242. The fourth-order valence-corrected chi connectivity index (χ4v) is 4.79. The van der Waals surface area contributed by atoms with Gasteiger partial charge >= 0.3 is 6.18 Å². The molecular formula is C29H25F3N8O2. The molecule has 13 heteroatoms. The van der Waals surface area contributed by atoms with E-state index in [4.69, 9.17) is 4.74 Å². The van der Waals surface area contributed by atoms with Crippen molar-refractivity contribution in [2.24, 2.45) is 0 Å². The van der Waals surface area contributed by atoms with Gasteiger partial charge in [-0.25, -0.2) is 19.9 Å². The Morgan fingerprint density at radius 2 is 1.95 bits per heavy atom. The van der Waals surface area contributed by atoms with E-state index in [-0.39, 0.29) is 17.5 Å². The summed E-state index contributed by atoms with van der Waals surface area (Å²) in [4.78, 5) is 34.7. The third-order valence-electron chi connectivity index (χ3n) is 6.96. The molecule has 5 heterocycles. The highest BCUT2D eigenvalue weighted by atomic mass is 19.4. The number of amides is 1. The number of carbonyl (C=O) groups excluding carboxylic acids is 1. The maximum atomic E-state index is 13.1. The van der Waals surface area contributed by atoms with Gasteiger partial charge in [0.1, 0.15) is 29.6 Å². The third kappa shape index (κ3) is 5.50. The summed E-state index contributed by atoms with van der Waals surface area (Å²) in [6.07, 6.45) is 4.93. The number of aryl methyl sites for hydroxylation is 1. The molecule has 1 aliphatic rings. The summed E-state index contributed by atoms with van der Waals surface area (Å²) >= 11 is 0. The Labute approximate surface area is 238 Å². The molecule has 1 fully saturated rings. The van der Waals surface area contributed by atoms with E-state index in [9.17, 15) is 18.0 Å². The van der Waals surface area contributed by atoms with Gasteiger partial charge in [0.2, 0.25) is 0 Å². The lowest BCUT2D eigenvalue weighted by molar-refractivity contribution is -0.137. The van der Waals surface area contributed by atoms with Crippen LogP contribution in [0.2, 0.25) is 0 Å². The van der Waals surface area contributed by atoms with E-state index in [2.05, 4.69) is 35.6 Å². The number of benzene rings is 1. The lowest BCUT2D eigenvalue weighted by Gasteiger charge is -2.23. The molecule has 1 amide bonds. The van der Waals surface area contributed by atoms with E-state index in [0.29, 0.717) is 46.7 Å². The van der Waals surface area contributed by atoms with Crippen LogP contribution in [-0.2, 0) is 10.9 Å². The SMILES string of the molecule is Cc1ccc(C(=O)Nc2cncc(C(F)(F)F)c2)cc1Nc1ncccc1-c1ncnc2c1ncn2C1CCCCO1. The van der Waals surface area contributed by atoms with E-state index in [1.54, 1.807) is 36.8 Å². The van der Waals surface area contributed by atoms with Crippen molar-refractivity contribution in [3.05, 3.63) is 84.3 Å². The lowest BCUT2D eigenvalue weighted by atomic mass is 10.1. The molecule has 1 aromatic carbocycles. The molecule has 1 atom stereocenters. The van der Waals surface area contributed by atoms with Crippen molar-refractivity contribution in [2.45, 2.75) is 38.6 Å². The molecule has 0 spiro atoms. The highest BCUT2D eigenvalue weighted by Crippen LogP contribution is 2.34. The molecule has 10 nitrogen and oxygen atoms in total. The molecule has 0 radical (unpaired) electrons. The van der Waals surface area contributed by atoms with Gasteiger partial charge in [-0.1, -0.05) is 6.07 Å². The smallest absolute Gasteiger partial charge is 0.358 e. The third-order valence-corrected chi connectivity index (χ3v) is 6.96. The van der Waals surface area contributed by atoms with E-state index in [1.807, 2.05) is 17.6 Å². The summed E-state index contributed by atoms with van der Waals surface area (Å²) in [7, 11) is 0. The summed E-state index contributed by atoms with van der Waals surface area (Å²) in [5.41, 5.74) is 3.10. The number of hydrogen-bond donors (Lipinski definition) is 2. The fraction of sp³-hybridized carbons (Fsp3) is 0.241. The van der Waals surface area contributed by atoms with Gasteiger partial charge in [-0.3, -0.25) is 14.3 Å². The molecule has 214 valence electrons. The summed E-state index contributed by atoms with van der Waals surface area (Å²) < 4.78 is 47.1. The van der Waals surface area contributed by atoms with Crippen LogP contribution in [0.4, 0.5) is 30.4 Å². The lowest BCUT2D eigenvalue weighted by Crippen LogP contribution is -2.17. The second kappa shape index (κ2) is 11.2. The number of hydrogen-bond acceptors (Lipinski definition) is 8. The minimum Gasteiger partial charge on any atom is -0.358 e. The number of nitrogens with zero attached hydrogens (tertiary/aromatic N) is 6. The molecule has 1 saturated heterocycles. The fourth-order valence-electron chi connectivity index (χ4n) is 4.79. The first kappa shape index (κ1) is 27.3. The van der Waals surface area contributed by atoms with Gasteiger partial charge in [0, 0.05) is 35.8 Å². The Kier molecular flexibility index (Phi) is 7.25. The number of fused-ring (bicyclic) bond motifs is 1. The minimum atomic E-state index is -4.58. The zero-order valence-corrected chi connectivity index (χ0v) is 22.4. The van der Waals surface area contributed by atoms with E-state index >= 15 is 0 Å². The number of pyridine rings is 2. The van der Waals surface area contributed by atoms with Crippen LogP contribution in [0.5, 0.6) is 0 Å². The second-order valence-corrected chi connectivity index (χ2v) is 9.84. The molecule has 6 rings (SSSR count). The number of alkyl halides is 3. The van der Waals surface area contributed by atoms with Gasteiger partial charge in [-0.05, 0) is 62.1 Å². The number of ether oxygens (including phenoxy) is 1. The van der Waals surface area contributed by atoms with E-state index < -0.39 is 17.6 Å². The Balaban J connectivity index is 1.29. The van der Waals surface area contributed by atoms with Crippen molar-refractivity contribution in [3.8, 4) is 11.3 Å². The number of aromatic nitrogens is 6. The zero-order valence-electron chi connectivity index (χ0n) is 22.4. The van der Waals surface area contributed by atoms with Crippen LogP contribution in [0.15, 0.2) is 67.6 Å². The van der Waals surface area contributed by atoms with Gasteiger partial charge in [0.05, 0.1) is 23.8 Å². The Morgan fingerprint density at radius 1 is 1.07 bits per heavy atom. The van der Waals surface area contributed by atoms with Gasteiger partial charge in [0.15, 0.2) is 5.65 Å². The Hall–Kier alpha value is -4.91. The van der Waals surface area contributed by atoms with Crippen molar-refractivity contribution in [1.29, 1.82) is 0 Å². The molecule has 0 bridgehead atoms. The summed E-state index contributed by atoms with van der Waals surface area (Å²) in [6.45, 7) is 2.55. The van der Waals surface area contributed by atoms with E-state index in [1.165, 1.54) is 6.33 Å². The summed E-state index contributed by atoms with van der Waals surface area (Å²) in [5, 5.41) is 5.78. The van der Waals surface area contributed by atoms with Gasteiger partial charge in [-0.2, -0.15) is 13.2 Å². The van der Waals surface area contributed by atoms with Crippen LogP contribution in [0.25, 0.3) is 22.4 Å². The molecule has 2 N–H and O–H groups in total. The number of halogens is 3. The summed E-state index contributed by atoms with van der Waals surface area (Å²) in [5.74, 6) is -0.114. The molecule has 5 aromatic rings. The van der Waals surface area contributed by atoms with Crippen LogP contribution in [0.3, 0.4) is 0 Å². The van der Waals surface area contributed by atoms with Crippen molar-refractivity contribution in [2.75, 3.05) is 17.2 Å². The first-order chi connectivity index (χ1) is 20.3. The van der Waals surface area contributed by atoms with Crippen LogP contribution in [-0.4, -0.2) is 42.0 Å². The highest BCUT2D eigenvalue weighted by molar-refractivity contribution is 6.05. The Morgan fingerprint density at radius 3 is 2.76 bits per heavy atom. The van der Waals surface area contributed by atoms with Crippen molar-refractivity contribution in [3.63, 3.8) is 0 Å². The topological polar surface area (TPSA) is 120 Å². The second-order valence-electron chi connectivity index (χ2n) is 9.84. The number of carbonyl (C=O) groups is 1. The first-order valence-corrected chi connectivity index (χ1v) is 13.2. The summed E-state index contributed by atoms with van der Waals surface area (Å²) in [6, 6.07) is 9.41. The largest absolute Gasteiger partial charge is 0.417 e. The molecule has 42 heavy (non-hydrogen) atoms. The van der Waals surface area contributed by atoms with Crippen LogP contribution in [0.1, 0.15) is 47.0 Å². The average molecular weight is 575 g/mol. The van der Waals surface area contributed by atoms with Crippen molar-refractivity contribution >= 4 is 34.3 Å².